The highest BCUT2D eigenvalue weighted by Gasteiger charge is 2.33. The van der Waals surface area contributed by atoms with E-state index in [1.165, 1.54) is 20.3 Å². The van der Waals surface area contributed by atoms with E-state index >= 15 is 0 Å². The molecule has 0 unspecified atom stereocenters. The molecule has 0 spiro atoms. The van der Waals surface area contributed by atoms with E-state index in [2.05, 4.69) is 10.6 Å². The molecule has 1 aliphatic heterocycles. The highest BCUT2D eigenvalue weighted by molar-refractivity contribution is 6.23. The molecule has 0 saturated heterocycles. The van der Waals surface area contributed by atoms with Crippen LogP contribution in [0.4, 0.5) is 4.79 Å². The van der Waals surface area contributed by atoms with Crippen LogP contribution in [0.25, 0.3) is 0 Å². The Morgan fingerprint density at radius 2 is 1.86 bits per heavy atom. The van der Waals surface area contributed by atoms with Gasteiger partial charge in [-0.3, -0.25) is 14.4 Å². The van der Waals surface area contributed by atoms with E-state index in [0.29, 0.717) is 31.5 Å². The van der Waals surface area contributed by atoms with Crippen molar-refractivity contribution in [2.75, 3.05) is 27.3 Å². The van der Waals surface area contributed by atoms with Crippen LogP contribution in [0.15, 0.2) is 58.5 Å². The average Bonchev–Trinajstić information content (AvgIpc) is 2.95. The van der Waals surface area contributed by atoms with Crippen LogP contribution in [0.2, 0.25) is 0 Å². The zero-order valence-electron chi connectivity index (χ0n) is 25.8. The molecule has 43 heavy (non-hydrogen) atoms. The minimum Gasteiger partial charge on any atom is -0.439 e. The molecule has 0 aromatic carbocycles. The van der Waals surface area contributed by atoms with E-state index in [0.717, 1.165) is 6.08 Å². The van der Waals surface area contributed by atoms with Crippen molar-refractivity contribution in [1.82, 2.24) is 10.6 Å². The minimum absolute atomic E-state index is 0.127. The van der Waals surface area contributed by atoms with Crippen molar-refractivity contribution in [3.8, 4) is 0 Å². The number of nitrogens with one attached hydrogen (secondary N) is 2. The number of aliphatic hydroxyl groups excluding tert-OH is 1. The molecule has 2 rings (SSSR count). The fourth-order valence-electron chi connectivity index (χ4n) is 5.09. The molecule has 2 aliphatic rings. The molecule has 7 N–H and O–H groups in total. The van der Waals surface area contributed by atoms with Crippen LogP contribution in [0.3, 0.4) is 0 Å². The molecule has 2 bridgehead atoms. The van der Waals surface area contributed by atoms with Crippen molar-refractivity contribution in [3.05, 3.63) is 58.5 Å². The molecular formula is C31H46N4O8. The SMILES string of the molecule is CO[C@H]1/C=C\C=C(\C)C(=O)NC2=CC(=O)C(NCCCN)=C(C[C@@H](C)C[C@H](OC)[C@H](O)[C@@H](C)/C=C(/C)[C@@H]1OC(N)=O)C2=O. The summed E-state index contributed by atoms with van der Waals surface area (Å²) in [6.07, 6.45) is 4.38. The summed E-state index contributed by atoms with van der Waals surface area (Å²) in [7, 11) is 2.92. The number of allylic oxidation sites excluding steroid dienone is 4. The predicted octanol–water partition coefficient (Wildman–Crippen LogP) is 1.70. The molecule has 238 valence electrons. The number of carbonyl (C=O) groups is 4. The van der Waals surface area contributed by atoms with Gasteiger partial charge in [-0.05, 0) is 51.1 Å². The summed E-state index contributed by atoms with van der Waals surface area (Å²) in [6, 6.07) is 0. The summed E-state index contributed by atoms with van der Waals surface area (Å²) in [5.41, 5.74) is 12.1. The molecule has 0 saturated carbocycles. The largest absolute Gasteiger partial charge is 0.439 e. The Morgan fingerprint density at radius 1 is 1.16 bits per heavy atom. The van der Waals surface area contributed by atoms with E-state index in [9.17, 15) is 24.3 Å². The summed E-state index contributed by atoms with van der Waals surface area (Å²) in [6.45, 7) is 7.79. The third-order valence-corrected chi connectivity index (χ3v) is 7.48. The third kappa shape index (κ3) is 9.99. The van der Waals surface area contributed by atoms with Crippen molar-refractivity contribution < 1.29 is 38.5 Å². The lowest BCUT2D eigenvalue weighted by atomic mass is 9.85. The molecule has 0 aromatic rings. The quantitative estimate of drug-likeness (QED) is 0.163. The van der Waals surface area contributed by atoms with Gasteiger partial charge in [-0.25, -0.2) is 4.79 Å². The molecule has 12 nitrogen and oxygen atoms in total. The topological polar surface area (TPSA) is 192 Å². The number of aliphatic hydroxyl groups is 1. The zero-order chi connectivity index (χ0) is 32.3. The lowest BCUT2D eigenvalue weighted by Gasteiger charge is -2.30. The van der Waals surface area contributed by atoms with E-state index in [4.69, 9.17) is 25.7 Å². The van der Waals surface area contributed by atoms with Crippen molar-refractivity contribution >= 4 is 23.6 Å². The Balaban J connectivity index is 2.61. The molecule has 0 fully saturated rings. The first kappa shape index (κ1) is 35.6. The number of methoxy groups -OCH3 is 2. The minimum atomic E-state index is -1.00. The van der Waals surface area contributed by atoms with Crippen LogP contribution in [-0.2, 0) is 28.6 Å². The van der Waals surface area contributed by atoms with Gasteiger partial charge in [0.25, 0.3) is 5.91 Å². The normalized spacial score (nSPS) is 31.3. The molecule has 0 aromatic heterocycles. The number of primary amides is 1. The number of hydrogen-bond donors (Lipinski definition) is 5. The molecule has 0 radical (unpaired) electrons. The maximum atomic E-state index is 13.6. The maximum Gasteiger partial charge on any atom is 0.405 e. The third-order valence-electron chi connectivity index (χ3n) is 7.48. The Labute approximate surface area is 253 Å². The summed E-state index contributed by atoms with van der Waals surface area (Å²) >= 11 is 0. The monoisotopic (exact) mass is 602 g/mol. The van der Waals surface area contributed by atoms with Crippen LogP contribution in [-0.4, -0.2) is 80.4 Å². The lowest BCUT2D eigenvalue weighted by molar-refractivity contribution is -0.120. The molecular weight excluding hydrogens is 556 g/mol. The van der Waals surface area contributed by atoms with Gasteiger partial charge in [0.1, 0.15) is 6.10 Å². The number of nitrogens with two attached hydrogens (primary N) is 2. The fourth-order valence-corrected chi connectivity index (χ4v) is 5.09. The second kappa shape index (κ2) is 16.9. The van der Waals surface area contributed by atoms with E-state index in [1.54, 1.807) is 39.0 Å². The summed E-state index contributed by atoms with van der Waals surface area (Å²) in [5, 5.41) is 16.9. The van der Waals surface area contributed by atoms with Crippen molar-refractivity contribution in [1.29, 1.82) is 0 Å². The number of fused-ring (bicyclic) bond motifs is 2. The van der Waals surface area contributed by atoms with Crippen LogP contribution >= 0.6 is 0 Å². The first-order chi connectivity index (χ1) is 20.3. The molecule has 2 amide bonds. The van der Waals surface area contributed by atoms with Crippen LogP contribution < -0.4 is 22.1 Å². The molecule has 1 aliphatic carbocycles. The summed E-state index contributed by atoms with van der Waals surface area (Å²) < 4.78 is 16.6. The Bertz CT molecular complexity index is 1200. The van der Waals surface area contributed by atoms with E-state index in [1.807, 2.05) is 6.92 Å². The van der Waals surface area contributed by atoms with Gasteiger partial charge in [0.05, 0.1) is 23.6 Å². The van der Waals surface area contributed by atoms with Crippen molar-refractivity contribution in [2.45, 2.75) is 71.4 Å². The predicted molar refractivity (Wildman–Crippen MR) is 161 cm³/mol. The maximum absolute atomic E-state index is 13.6. The fraction of sp³-hybridized carbons (Fsp3) is 0.548. The number of ether oxygens (including phenoxy) is 3. The van der Waals surface area contributed by atoms with Crippen molar-refractivity contribution in [2.24, 2.45) is 23.3 Å². The first-order valence-corrected chi connectivity index (χ1v) is 14.4. The number of Topliss-reactive ketones (excluding diaryl/α,β-unsaturated/α-hetero) is 1. The van der Waals surface area contributed by atoms with E-state index in [-0.39, 0.29) is 34.9 Å². The number of amides is 2. The van der Waals surface area contributed by atoms with E-state index < -0.39 is 53.9 Å². The van der Waals surface area contributed by atoms with Gasteiger partial charge < -0.3 is 41.4 Å². The summed E-state index contributed by atoms with van der Waals surface area (Å²) in [4.78, 5) is 51.5. The number of carbonyl (C=O) groups excluding carboxylic acids is 4. The smallest absolute Gasteiger partial charge is 0.405 e. The second-order valence-corrected chi connectivity index (χ2v) is 11.0. The van der Waals surface area contributed by atoms with Crippen LogP contribution in [0.5, 0.6) is 0 Å². The van der Waals surface area contributed by atoms with Gasteiger partial charge in [0.15, 0.2) is 6.10 Å². The standard InChI is InChI=1S/C31H46N4O8/c1-17-13-21-26(34-12-8-11-32)23(36)16-22(28(21)38)35-30(39)18(2)9-7-10-24(41-5)29(43-31(33)40)20(4)15-19(3)27(37)25(14-17)42-6/h7,9-10,15-17,19,24-25,27,29,34,37H,8,11-14,32H2,1-6H3,(H2,33,40)(H,35,39)/b10-7-,18-9-,20-15-/t17-,19+,24+,25+,27-,29+/m1/s1. The first-order valence-electron chi connectivity index (χ1n) is 14.4. The van der Waals surface area contributed by atoms with Crippen LogP contribution in [0, 0.1) is 11.8 Å². The summed E-state index contributed by atoms with van der Waals surface area (Å²) in [5.74, 6) is -2.12. The average molecular weight is 603 g/mol. The van der Waals surface area contributed by atoms with Gasteiger partial charge >= 0.3 is 6.09 Å². The highest BCUT2D eigenvalue weighted by Crippen LogP contribution is 2.28. The molecule has 6 atom stereocenters. The Morgan fingerprint density at radius 3 is 2.47 bits per heavy atom. The van der Waals surface area contributed by atoms with Gasteiger partial charge in [-0.2, -0.15) is 0 Å². The van der Waals surface area contributed by atoms with Crippen molar-refractivity contribution in [3.63, 3.8) is 0 Å². The highest BCUT2D eigenvalue weighted by atomic mass is 16.6. The molecule has 12 heteroatoms. The van der Waals surface area contributed by atoms with Gasteiger partial charge in [-0.15, -0.1) is 0 Å². The zero-order valence-corrected chi connectivity index (χ0v) is 25.8. The van der Waals surface area contributed by atoms with Gasteiger partial charge in [-0.1, -0.05) is 38.2 Å². The Hall–Kier alpha value is -3.58. The second-order valence-electron chi connectivity index (χ2n) is 11.0. The number of rotatable bonds is 7. The van der Waals surface area contributed by atoms with Crippen LogP contribution in [0.1, 0.15) is 47.0 Å². The Kier molecular flexibility index (Phi) is 14.0. The number of ketones is 2. The van der Waals surface area contributed by atoms with Gasteiger partial charge in [0.2, 0.25) is 11.6 Å². The molecule has 1 heterocycles. The number of hydrogen-bond acceptors (Lipinski definition) is 10. The lowest BCUT2D eigenvalue weighted by Crippen LogP contribution is -2.38. The van der Waals surface area contributed by atoms with Gasteiger partial charge in [0, 0.05) is 43.9 Å².